The molecule has 0 aromatic carbocycles. The molecule has 0 saturated heterocycles. The highest BCUT2D eigenvalue weighted by Gasteiger charge is 2.25. The van der Waals surface area contributed by atoms with Crippen molar-refractivity contribution in [2.24, 2.45) is 5.92 Å². The smallest absolute Gasteiger partial charge is 0.246 e. The summed E-state index contributed by atoms with van der Waals surface area (Å²) in [5.41, 5.74) is 2.74. The van der Waals surface area contributed by atoms with E-state index >= 15 is 0 Å². The molecule has 2 nitrogen and oxygen atoms in total. The molecule has 20 heavy (non-hydrogen) atoms. The first-order valence-electron chi connectivity index (χ1n) is 7.73. The average molecular weight is 275 g/mol. The Bertz CT molecular complexity index is 396. The van der Waals surface area contributed by atoms with Gasteiger partial charge in [0, 0.05) is 13.1 Å². The summed E-state index contributed by atoms with van der Waals surface area (Å²) in [5.74, 6) is 0.885. The van der Waals surface area contributed by atoms with Crippen LogP contribution in [0.4, 0.5) is 0 Å². The van der Waals surface area contributed by atoms with Gasteiger partial charge in [-0.15, -0.1) is 0 Å². The number of carbonyl (C=O) groups is 1. The second kappa shape index (κ2) is 8.78. The van der Waals surface area contributed by atoms with Gasteiger partial charge in [0.2, 0.25) is 5.91 Å². The van der Waals surface area contributed by atoms with Crippen LogP contribution in [0.1, 0.15) is 53.4 Å². The summed E-state index contributed by atoms with van der Waals surface area (Å²) >= 11 is 0. The van der Waals surface area contributed by atoms with Crippen molar-refractivity contribution in [1.29, 1.82) is 0 Å². The fraction of sp³-hybridized carbons (Fsp3) is 0.611. The highest BCUT2D eigenvalue weighted by molar-refractivity contribution is 5.87. The Balaban J connectivity index is 2.46. The predicted molar refractivity (Wildman–Crippen MR) is 86.5 cm³/mol. The number of rotatable bonds is 8. The first kappa shape index (κ1) is 16.7. The van der Waals surface area contributed by atoms with E-state index in [1.807, 2.05) is 17.9 Å². The van der Waals surface area contributed by atoms with Gasteiger partial charge in [0.05, 0.1) is 0 Å². The number of carbonyl (C=O) groups excluding carboxylic acids is 1. The lowest BCUT2D eigenvalue weighted by Crippen LogP contribution is -2.31. The lowest BCUT2D eigenvalue weighted by atomic mass is 10.1. The largest absolute Gasteiger partial charge is 0.335 e. The second-order valence-electron chi connectivity index (χ2n) is 6.06. The van der Waals surface area contributed by atoms with Crippen LogP contribution in [-0.4, -0.2) is 23.9 Å². The van der Waals surface area contributed by atoms with E-state index in [4.69, 9.17) is 0 Å². The summed E-state index contributed by atoms with van der Waals surface area (Å²) in [4.78, 5) is 14.0. The summed E-state index contributed by atoms with van der Waals surface area (Å²) in [6, 6.07) is 0. The van der Waals surface area contributed by atoms with Crippen molar-refractivity contribution in [3.05, 3.63) is 35.5 Å². The molecule has 2 heteroatoms. The molecule has 0 radical (unpaired) electrons. The number of hydrogen-bond donors (Lipinski definition) is 0. The summed E-state index contributed by atoms with van der Waals surface area (Å²) in [7, 11) is 0. The van der Waals surface area contributed by atoms with Gasteiger partial charge in [0.25, 0.3) is 0 Å². The van der Waals surface area contributed by atoms with Crippen LogP contribution in [0, 0.1) is 5.92 Å². The van der Waals surface area contributed by atoms with Gasteiger partial charge < -0.3 is 4.90 Å². The van der Waals surface area contributed by atoms with Crippen LogP contribution in [0.25, 0.3) is 0 Å². The number of hydrogen-bond acceptors (Lipinski definition) is 1. The zero-order valence-electron chi connectivity index (χ0n) is 13.5. The van der Waals surface area contributed by atoms with Gasteiger partial charge in [-0.3, -0.25) is 4.79 Å². The van der Waals surface area contributed by atoms with Crippen molar-refractivity contribution >= 4 is 5.91 Å². The third-order valence-electron chi connectivity index (χ3n) is 3.55. The molecule has 1 fully saturated rings. The van der Waals surface area contributed by atoms with E-state index < -0.39 is 0 Å². The van der Waals surface area contributed by atoms with Crippen molar-refractivity contribution in [3.63, 3.8) is 0 Å². The van der Waals surface area contributed by atoms with Crippen molar-refractivity contribution in [2.45, 2.75) is 53.4 Å². The van der Waals surface area contributed by atoms with Crippen molar-refractivity contribution in [1.82, 2.24) is 4.90 Å². The predicted octanol–water partition coefficient (Wildman–Crippen LogP) is 4.49. The number of amides is 1. The Labute approximate surface area is 124 Å². The Morgan fingerprint density at radius 1 is 1.20 bits per heavy atom. The Kier molecular flexibility index (Phi) is 7.35. The summed E-state index contributed by atoms with van der Waals surface area (Å²) in [6.45, 7) is 9.99. The minimum Gasteiger partial charge on any atom is -0.335 e. The van der Waals surface area contributed by atoms with Gasteiger partial charge in [0.15, 0.2) is 0 Å². The second-order valence-corrected chi connectivity index (χ2v) is 6.06. The van der Waals surface area contributed by atoms with Gasteiger partial charge in [0.1, 0.15) is 0 Å². The monoisotopic (exact) mass is 275 g/mol. The van der Waals surface area contributed by atoms with Gasteiger partial charge in [-0.05, 0) is 65.4 Å². The normalized spacial score (nSPS) is 15.5. The molecule has 0 atom stereocenters. The Morgan fingerprint density at radius 3 is 2.45 bits per heavy atom. The fourth-order valence-electron chi connectivity index (χ4n) is 2.07. The molecule has 1 amide bonds. The molecule has 0 aromatic rings. The van der Waals surface area contributed by atoms with Gasteiger partial charge in [-0.2, -0.15) is 0 Å². The van der Waals surface area contributed by atoms with Crippen LogP contribution in [0.2, 0.25) is 0 Å². The van der Waals surface area contributed by atoms with Crippen LogP contribution in [-0.2, 0) is 4.79 Å². The molecular formula is C18H29NO. The molecule has 0 unspecified atom stereocenters. The number of nitrogens with zero attached hydrogens (tertiary/aromatic N) is 1. The Hall–Kier alpha value is -1.31. The third kappa shape index (κ3) is 7.32. The first-order valence-corrected chi connectivity index (χ1v) is 7.73. The lowest BCUT2D eigenvalue weighted by molar-refractivity contribution is -0.125. The zero-order chi connectivity index (χ0) is 15.0. The Morgan fingerprint density at radius 2 is 1.90 bits per heavy atom. The van der Waals surface area contributed by atoms with E-state index in [1.54, 1.807) is 6.08 Å². The van der Waals surface area contributed by atoms with E-state index in [-0.39, 0.29) is 5.91 Å². The zero-order valence-corrected chi connectivity index (χ0v) is 13.5. The maximum atomic E-state index is 12.0. The van der Waals surface area contributed by atoms with Crippen LogP contribution in [0.5, 0.6) is 0 Å². The minimum absolute atomic E-state index is 0.146. The molecule has 1 rings (SSSR count). The average Bonchev–Trinajstić information content (AvgIpc) is 3.18. The molecular weight excluding hydrogens is 246 g/mol. The third-order valence-corrected chi connectivity index (χ3v) is 3.55. The molecule has 0 spiro atoms. The molecule has 112 valence electrons. The summed E-state index contributed by atoms with van der Waals surface area (Å²) in [6.07, 6.45) is 12.7. The highest BCUT2D eigenvalue weighted by Crippen LogP contribution is 2.29. The first-order chi connectivity index (χ1) is 9.52. The maximum absolute atomic E-state index is 12.0. The fourth-order valence-corrected chi connectivity index (χ4v) is 2.07. The molecule has 0 heterocycles. The topological polar surface area (TPSA) is 20.3 Å². The minimum atomic E-state index is 0.146. The van der Waals surface area contributed by atoms with Gasteiger partial charge >= 0.3 is 0 Å². The summed E-state index contributed by atoms with van der Waals surface area (Å²) < 4.78 is 0. The molecule has 0 bridgehead atoms. The van der Waals surface area contributed by atoms with Crippen molar-refractivity contribution in [3.8, 4) is 0 Å². The van der Waals surface area contributed by atoms with Gasteiger partial charge in [-0.25, -0.2) is 0 Å². The van der Waals surface area contributed by atoms with Crippen LogP contribution >= 0.6 is 0 Å². The molecule has 0 aliphatic heterocycles. The van der Waals surface area contributed by atoms with Crippen molar-refractivity contribution in [2.75, 3.05) is 13.1 Å². The standard InChI is InChI=1S/C18H29NO/c1-5-7-18(20)19(14-17-10-11-17)13-12-16(4)9-6-8-15(2)3/h5,7-8,12,17H,6,9-11,13-14H2,1-4H3. The van der Waals surface area contributed by atoms with E-state index in [9.17, 15) is 4.79 Å². The number of allylic oxidation sites excluding steroid dienone is 4. The quantitative estimate of drug-likeness (QED) is 0.472. The lowest BCUT2D eigenvalue weighted by Gasteiger charge is -2.19. The molecule has 0 aromatic heterocycles. The molecule has 1 saturated carbocycles. The van der Waals surface area contributed by atoms with Crippen LogP contribution in [0.3, 0.4) is 0 Å². The van der Waals surface area contributed by atoms with E-state index in [1.165, 1.54) is 24.0 Å². The van der Waals surface area contributed by atoms with E-state index in [0.717, 1.165) is 31.8 Å². The van der Waals surface area contributed by atoms with Crippen LogP contribution in [0.15, 0.2) is 35.5 Å². The molecule has 1 aliphatic rings. The van der Waals surface area contributed by atoms with Crippen LogP contribution < -0.4 is 0 Å². The van der Waals surface area contributed by atoms with E-state index in [0.29, 0.717) is 0 Å². The van der Waals surface area contributed by atoms with Gasteiger partial charge in [-0.1, -0.05) is 29.4 Å². The SMILES string of the molecule is CC=CC(=O)N(CC=C(C)CCC=C(C)C)CC1CC1. The summed E-state index contributed by atoms with van der Waals surface area (Å²) in [5, 5.41) is 0. The highest BCUT2D eigenvalue weighted by atomic mass is 16.2. The molecule has 0 N–H and O–H groups in total. The van der Waals surface area contributed by atoms with E-state index in [2.05, 4.69) is 32.9 Å². The molecule has 1 aliphatic carbocycles. The maximum Gasteiger partial charge on any atom is 0.246 e. The van der Waals surface area contributed by atoms with Crippen molar-refractivity contribution < 1.29 is 4.79 Å².